The predicted octanol–water partition coefficient (Wildman–Crippen LogP) is 3.25. The Kier molecular flexibility index (Phi) is 5.27. The number of aromatic amines is 1. The van der Waals surface area contributed by atoms with Crippen LogP contribution in [0.25, 0.3) is 11.1 Å². The lowest BCUT2D eigenvalue weighted by atomic mass is 9.98. The molecule has 1 aliphatic carbocycles. The van der Waals surface area contributed by atoms with Crippen LogP contribution in [0.5, 0.6) is 0 Å². The maximum absolute atomic E-state index is 12.8. The number of benzene rings is 2. The highest BCUT2D eigenvalue weighted by atomic mass is 16.5. The standard InChI is InChI=1S/C24H23N5O5/c1-24(21(31)32)11-6-12-29(24)20(30)19-25-22(28-27-19)26-23(33)34-13-18-16-9-4-2-7-14(16)15-8-3-5-10-17(15)18/h2-5,7-10,18H,6,11-13H2,1H3,(H,31,32)(H2,25,26,27,28,33)/t24-/m1/s1. The van der Waals surface area contributed by atoms with Crippen LogP contribution in [0.4, 0.5) is 10.7 Å². The van der Waals surface area contributed by atoms with Gasteiger partial charge in [-0.3, -0.25) is 15.2 Å². The largest absolute Gasteiger partial charge is 0.480 e. The lowest BCUT2D eigenvalue weighted by Crippen LogP contribution is -2.51. The molecule has 174 valence electrons. The van der Waals surface area contributed by atoms with Crippen LogP contribution in [-0.4, -0.2) is 61.8 Å². The number of amides is 2. The molecule has 2 aromatic carbocycles. The van der Waals surface area contributed by atoms with Crippen LogP contribution in [0.2, 0.25) is 0 Å². The normalized spacial score (nSPS) is 18.9. The van der Waals surface area contributed by atoms with E-state index >= 15 is 0 Å². The molecule has 2 heterocycles. The molecule has 0 radical (unpaired) electrons. The molecular formula is C24H23N5O5. The summed E-state index contributed by atoms with van der Waals surface area (Å²) in [6.45, 7) is 1.94. The first kappa shape index (κ1) is 21.6. The number of hydrogen-bond donors (Lipinski definition) is 3. The lowest BCUT2D eigenvalue weighted by Gasteiger charge is -2.30. The van der Waals surface area contributed by atoms with E-state index in [4.69, 9.17) is 4.74 Å². The van der Waals surface area contributed by atoms with Crippen LogP contribution in [0.15, 0.2) is 48.5 Å². The zero-order valence-electron chi connectivity index (χ0n) is 18.4. The van der Waals surface area contributed by atoms with Gasteiger partial charge in [-0.15, -0.1) is 5.10 Å². The van der Waals surface area contributed by atoms with Crippen LogP contribution in [0.1, 0.15) is 47.4 Å². The Bertz CT molecular complexity index is 1240. The van der Waals surface area contributed by atoms with Crippen molar-refractivity contribution >= 4 is 23.9 Å². The molecule has 5 rings (SSSR count). The van der Waals surface area contributed by atoms with E-state index in [1.807, 2.05) is 36.4 Å². The summed E-state index contributed by atoms with van der Waals surface area (Å²) in [5.41, 5.74) is 3.13. The highest BCUT2D eigenvalue weighted by molar-refractivity contribution is 5.96. The van der Waals surface area contributed by atoms with Crippen molar-refractivity contribution in [2.24, 2.45) is 0 Å². The average molecular weight is 461 g/mol. The summed E-state index contributed by atoms with van der Waals surface area (Å²) in [5, 5.41) is 18.3. The predicted molar refractivity (Wildman–Crippen MR) is 121 cm³/mol. The summed E-state index contributed by atoms with van der Waals surface area (Å²) in [4.78, 5) is 42.1. The number of aromatic nitrogens is 3. The number of carbonyl (C=O) groups is 3. The fourth-order valence-electron chi connectivity index (χ4n) is 4.78. The van der Waals surface area contributed by atoms with E-state index in [0.717, 1.165) is 22.3 Å². The summed E-state index contributed by atoms with van der Waals surface area (Å²) >= 11 is 0. The van der Waals surface area contributed by atoms with E-state index in [1.165, 1.54) is 11.8 Å². The number of H-pyrrole nitrogens is 1. The minimum absolute atomic E-state index is 0.0914. The van der Waals surface area contributed by atoms with Crippen molar-refractivity contribution in [2.45, 2.75) is 31.2 Å². The van der Waals surface area contributed by atoms with E-state index in [1.54, 1.807) is 0 Å². The molecule has 1 aromatic heterocycles. The van der Waals surface area contributed by atoms with Gasteiger partial charge in [-0.2, -0.15) is 4.98 Å². The van der Waals surface area contributed by atoms with Crippen LogP contribution >= 0.6 is 0 Å². The second kappa shape index (κ2) is 8.29. The summed E-state index contributed by atoms with van der Waals surface area (Å²) in [6.07, 6.45) is 0.178. The number of anilines is 1. The Balaban J connectivity index is 1.24. The molecule has 1 fully saturated rings. The van der Waals surface area contributed by atoms with Crippen LogP contribution < -0.4 is 5.32 Å². The molecule has 0 unspecified atom stereocenters. The number of carboxylic acid groups (broad SMARTS) is 1. The van der Waals surface area contributed by atoms with Gasteiger partial charge in [0.2, 0.25) is 5.82 Å². The highest BCUT2D eigenvalue weighted by Crippen LogP contribution is 2.44. The van der Waals surface area contributed by atoms with Crippen LogP contribution in [-0.2, 0) is 9.53 Å². The van der Waals surface area contributed by atoms with E-state index in [2.05, 4.69) is 32.6 Å². The van der Waals surface area contributed by atoms with Gasteiger partial charge in [0, 0.05) is 12.5 Å². The first-order valence-electron chi connectivity index (χ1n) is 11.0. The average Bonchev–Trinajstić information content (AvgIpc) is 3.54. The maximum atomic E-state index is 12.8. The van der Waals surface area contributed by atoms with Gasteiger partial charge in [-0.25, -0.2) is 9.59 Å². The molecule has 2 amide bonds. The van der Waals surface area contributed by atoms with Gasteiger partial charge >= 0.3 is 12.1 Å². The number of likely N-dealkylation sites (tertiary alicyclic amines) is 1. The number of carbonyl (C=O) groups excluding carboxylic acids is 2. The van der Waals surface area contributed by atoms with Gasteiger partial charge in [0.15, 0.2) is 0 Å². The fourth-order valence-corrected chi connectivity index (χ4v) is 4.78. The van der Waals surface area contributed by atoms with Gasteiger partial charge in [0.05, 0.1) is 0 Å². The topological polar surface area (TPSA) is 138 Å². The molecular weight excluding hydrogens is 438 g/mol. The van der Waals surface area contributed by atoms with Gasteiger partial charge < -0.3 is 14.7 Å². The molecule has 1 aliphatic heterocycles. The zero-order chi connectivity index (χ0) is 23.9. The number of fused-ring (bicyclic) bond motifs is 3. The Morgan fingerprint density at radius 3 is 2.44 bits per heavy atom. The minimum atomic E-state index is -1.30. The highest BCUT2D eigenvalue weighted by Gasteiger charge is 2.46. The SMILES string of the molecule is C[C@]1(C(=O)O)CCCN1C(=O)c1nc(NC(=O)OCC2c3ccccc3-c3ccccc32)n[nH]1. The van der Waals surface area contributed by atoms with E-state index in [0.29, 0.717) is 19.4 Å². The van der Waals surface area contributed by atoms with E-state index in [-0.39, 0.29) is 24.3 Å². The van der Waals surface area contributed by atoms with Crippen molar-refractivity contribution in [1.82, 2.24) is 20.1 Å². The van der Waals surface area contributed by atoms with Crippen LogP contribution in [0, 0.1) is 0 Å². The number of nitrogens with zero attached hydrogens (tertiary/aromatic N) is 3. The zero-order valence-corrected chi connectivity index (χ0v) is 18.4. The minimum Gasteiger partial charge on any atom is -0.480 e. The summed E-state index contributed by atoms with van der Waals surface area (Å²) in [6, 6.07) is 16.0. The number of nitrogens with one attached hydrogen (secondary N) is 2. The molecule has 34 heavy (non-hydrogen) atoms. The van der Waals surface area contributed by atoms with Gasteiger partial charge in [0.25, 0.3) is 11.9 Å². The number of carboxylic acids is 1. The lowest BCUT2D eigenvalue weighted by molar-refractivity contribution is -0.147. The molecule has 3 aromatic rings. The second-order valence-corrected chi connectivity index (χ2v) is 8.60. The monoisotopic (exact) mass is 461 g/mol. The molecule has 2 aliphatic rings. The molecule has 1 saturated heterocycles. The Hall–Kier alpha value is -4.21. The number of rotatable bonds is 5. The third kappa shape index (κ3) is 3.57. The summed E-state index contributed by atoms with van der Waals surface area (Å²) in [7, 11) is 0. The molecule has 0 bridgehead atoms. The van der Waals surface area contributed by atoms with Crippen molar-refractivity contribution in [3.8, 4) is 11.1 Å². The van der Waals surface area contributed by atoms with Crippen molar-refractivity contribution in [1.29, 1.82) is 0 Å². The first-order chi connectivity index (χ1) is 16.4. The number of hydrogen-bond acceptors (Lipinski definition) is 6. The summed E-state index contributed by atoms with van der Waals surface area (Å²) < 4.78 is 5.46. The Morgan fingerprint density at radius 2 is 1.79 bits per heavy atom. The molecule has 3 N–H and O–H groups in total. The molecule has 1 atom stereocenters. The second-order valence-electron chi connectivity index (χ2n) is 8.60. The fraction of sp³-hybridized carbons (Fsp3) is 0.292. The quantitative estimate of drug-likeness (QED) is 0.530. The molecule has 0 saturated carbocycles. The number of ether oxygens (including phenoxy) is 1. The van der Waals surface area contributed by atoms with E-state index in [9.17, 15) is 19.5 Å². The van der Waals surface area contributed by atoms with Crippen molar-refractivity contribution in [3.63, 3.8) is 0 Å². The molecule has 10 heteroatoms. The number of aliphatic carboxylic acids is 1. The van der Waals surface area contributed by atoms with Crippen molar-refractivity contribution in [3.05, 3.63) is 65.5 Å². The van der Waals surface area contributed by atoms with Gasteiger partial charge in [0.1, 0.15) is 12.1 Å². The van der Waals surface area contributed by atoms with Gasteiger partial charge in [-0.05, 0) is 42.0 Å². The smallest absolute Gasteiger partial charge is 0.414 e. The van der Waals surface area contributed by atoms with Crippen LogP contribution in [0.3, 0.4) is 0 Å². The maximum Gasteiger partial charge on any atom is 0.414 e. The summed E-state index contributed by atoms with van der Waals surface area (Å²) in [5.74, 6) is -2.03. The van der Waals surface area contributed by atoms with Crippen molar-refractivity contribution in [2.75, 3.05) is 18.5 Å². The third-order valence-electron chi connectivity index (χ3n) is 6.59. The Morgan fingerprint density at radius 1 is 1.15 bits per heavy atom. The Labute approximate surface area is 195 Å². The van der Waals surface area contributed by atoms with Crippen molar-refractivity contribution < 1.29 is 24.2 Å². The van der Waals surface area contributed by atoms with E-state index < -0.39 is 23.5 Å². The first-order valence-corrected chi connectivity index (χ1v) is 11.0. The van der Waals surface area contributed by atoms with Gasteiger partial charge in [-0.1, -0.05) is 48.5 Å². The molecule has 10 nitrogen and oxygen atoms in total. The molecule has 0 spiro atoms. The third-order valence-corrected chi connectivity index (χ3v) is 6.59.